The highest BCUT2D eigenvalue weighted by Crippen LogP contribution is 2.29. The third-order valence-corrected chi connectivity index (χ3v) is 5.54. The standard InChI is InChI=1S/C19H23N3O2S/c1-13(23)22-9-8-14-11-15(6-7-16(14)22)19(24)20-12-17(21(2)3)18-5-4-10-25-18/h4-7,10-11,17H,8-9,12H2,1-3H3,(H,20,24)/t17-/m0/s1. The van der Waals surface area contributed by atoms with Crippen molar-refractivity contribution in [2.45, 2.75) is 19.4 Å². The first-order chi connectivity index (χ1) is 12.0. The predicted octanol–water partition coefficient (Wildman–Crippen LogP) is 2.69. The second-order valence-corrected chi connectivity index (χ2v) is 7.45. The summed E-state index contributed by atoms with van der Waals surface area (Å²) in [6, 6.07) is 9.86. The fourth-order valence-corrected chi connectivity index (χ4v) is 4.10. The summed E-state index contributed by atoms with van der Waals surface area (Å²) in [6.45, 7) is 2.82. The molecule has 132 valence electrons. The first-order valence-electron chi connectivity index (χ1n) is 8.36. The Balaban J connectivity index is 1.69. The third kappa shape index (κ3) is 3.75. The topological polar surface area (TPSA) is 52.7 Å². The molecule has 1 aromatic heterocycles. The summed E-state index contributed by atoms with van der Waals surface area (Å²) >= 11 is 1.70. The minimum Gasteiger partial charge on any atom is -0.350 e. The number of carbonyl (C=O) groups is 2. The van der Waals surface area contributed by atoms with Crippen molar-refractivity contribution >= 4 is 28.8 Å². The molecule has 2 aromatic rings. The van der Waals surface area contributed by atoms with Crippen molar-refractivity contribution < 1.29 is 9.59 Å². The second-order valence-electron chi connectivity index (χ2n) is 6.47. The molecule has 0 radical (unpaired) electrons. The van der Waals surface area contributed by atoms with Gasteiger partial charge in [-0.2, -0.15) is 0 Å². The van der Waals surface area contributed by atoms with E-state index in [-0.39, 0.29) is 17.9 Å². The van der Waals surface area contributed by atoms with Gasteiger partial charge in [0.2, 0.25) is 5.91 Å². The normalized spacial score (nSPS) is 14.5. The number of anilines is 1. The summed E-state index contributed by atoms with van der Waals surface area (Å²) in [5, 5.41) is 5.09. The van der Waals surface area contributed by atoms with Gasteiger partial charge in [0.25, 0.3) is 5.91 Å². The predicted molar refractivity (Wildman–Crippen MR) is 101 cm³/mol. The number of amides is 2. The number of benzene rings is 1. The molecule has 0 bridgehead atoms. The molecule has 1 aromatic carbocycles. The molecule has 0 fully saturated rings. The maximum absolute atomic E-state index is 12.5. The Bertz CT molecular complexity index is 771. The lowest BCUT2D eigenvalue weighted by Gasteiger charge is -2.23. The van der Waals surface area contributed by atoms with Crippen LogP contribution in [-0.2, 0) is 11.2 Å². The van der Waals surface area contributed by atoms with Crippen LogP contribution in [0.25, 0.3) is 0 Å². The van der Waals surface area contributed by atoms with E-state index >= 15 is 0 Å². The average molecular weight is 357 g/mol. The molecule has 2 amide bonds. The first kappa shape index (κ1) is 17.6. The van der Waals surface area contributed by atoms with Crippen molar-refractivity contribution in [3.8, 4) is 0 Å². The molecule has 3 rings (SSSR count). The summed E-state index contributed by atoms with van der Waals surface area (Å²) in [7, 11) is 4.03. The zero-order valence-electron chi connectivity index (χ0n) is 14.8. The van der Waals surface area contributed by atoms with Crippen LogP contribution in [0.2, 0.25) is 0 Å². The number of hydrogen-bond donors (Lipinski definition) is 1. The fraction of sp³-hybridized carbons (Fsp3) is 0.368. The number of nitrogens with one attached hydrogen (secondary N) is 1. The molecule has 25 heavy (non-hydrogen) atoms. The SMILES string of the molecule is CC(=O)N1CCc2cc(C(=O)NC[C@@H](c3cccs3)N(C)C)ccc21. The molecule has 1 aliphatic rings. The molecule has 5 nitrogen and oxygen atoms in total. The molecule has 1 aliphatic heterocycles. The summed E-state index contributed by atoms with van der Waals surface area (Å²) < 4.78 is 0. The van der Waals surface area contributed by atoms with Gasteiger partial charge in [0.15, 0.2) is 0 Å². The lowest BCUT2D eigenvalue weighted by atomic mass is 10.1. The van der Waals surface area contributed by atoms with Gasteiger partial charge >= 0.3 is 0 Å². The van der Waals surface area contributed by atoms with Gasteiger partial charge in [-0.3, -0.25) is 9.59 Å². The van der Waals surface area contributed by atoms with Crippen LogP contribution in [-0.4, -0.2) is 43.9 Å². The van der Waals surface area contributed by atoms with Crippen LogP contribution in [0.15, 0.2) is 35.7 Å². The van der Waals surface area contributed by atoms with E-state index in [9.17, 15) is 9.59 Å². The van der Waals surface area contributed by atoms with E-state index in [0.717, 1.165) is 17.7 Å². The molecule has 1 N–H and O–H groups in total. The van der Waals surface area contributed by atoms with E-state index in [1.165, 1.54) is 4.88 Å². The van der Waals surface area contributed by atoms with Crippen LogP contribution in [0.1, 0.15) is 33.8 Å². The molecular formula is C19H23N3O2S. The minimum atomic E-state index is -0.0764. The Morgan fingerprint density at radius 3 is 2.76 bits per heavy atom. The van der Waals surface area contributed by atoms with Crippen LogP contribution in [0.4, 0.5) is 5.69 Å². The average Bonchev–Trinajstić information content (AvgIpc) is 3.23. The Kier molecular flexibility index (Phi) is 5.20. The molecule has 0 spiro atoms. The molecule has 1 atom stereocenters. The van der Waals surface area contributed by atoms with Crippen molar-refractivity contribution in [3.05, 3.63) is 51.7 Å². The first-order valence-corrected chi connectivity index (χ1v) is 9.24. The van der Waals surface area contributed by atoms with Crippen molar-refractivity contribution in [1.29, 1.82) is 0 Å². The van der Waals surface area contributed by atoms with E-state index < -0.39 is 0 Å². The summed E-state index contributed by atoms with van der Waals surface area (Å²) in [6.07, 6.45) is 0.797. The van der Waals surface area contributed by atoms with Crippen LogP contribution in [0, 0.1) is 0 Å². The lowest BCUT2D eigenvalue weighted by Crippen LogP contribution is -2.34. The monoisotopic (exact) mass is 357 g/mol. The maximum atomic E-state index is 12.5. The van der Waals surface area contributed by atoms with Crippen molar-refractivity contribution in [1.82, 2.24) is 10.2 Å². The second kappa shape index (κ2) is 7.37. The molecule has 0 saturated carbocycles. The van der Waals surface area contributed by atoms with Gasteiger partial charge in [-0.25, -0.2) is 0 Å². The van der Waals surface area contributed by atoms with E-state index in [0.29, 0.717) is 18.7 Å². The van der Waals surface area contributed by atoms with Crippen molar-refractivity contribution in [2.24, 2.45) is 0 Å². The number of likely N-dealkylation sites (N-methyl/N-ethyl adjacent to an activating group) is 1. The van der Waals surface area contributed by atoms with E-state index in [1.807, 2.05) is 32.3 Å². The molecular weight excluding hydrogens is 334 g/mol. The van der Waals surface area contributed by atoms with Crippen molar-refractivity contribution in [3.63, 3.8) is 0 Å². The highest BCUT2D eigenvalue weighted by atomic mass is 32.1. The lowest BCUT2D eigenvalue weighted by molar-refractivity contribution is -0.116. The van der Waals surface area contributed by atoms with Crippen LogP contribution < -0.4 is 10.2 Å². The highest BCUT2D eigenvalue weighted by Gasteiger charge is 2.23. The van der Waals surface area contributed by atoms with Gasteiger partial charge in [-0.15, -0.1) is 11.3 Å². The molecule has 6 heteroatoms. The minimum absolute atomic E-state index is 0.0423. The fourth-order valence-electron chi connectivity index (χ4n) is 3.18. The zero-order chi connectivity index (χ0) is 18.0. The number of hydrogen-bond acceptors (Lipinski definition) is 4. The summed E-state index contributed by atoms with van der Waals surface area (Å²) in [5.74, 6) is -0.0341. The number of carbonyl (C=O) groups excluding carboxylic acids is 2. The molecule has 0 unspecified atom stereocenters. The number of nitrogens with zero attached hydrogens (tertiary/aromatic N) is 2. The van der Waals surface area contributed by atoms with Gasteiger partial charge in [-0.05, 0) is 55.7 Å². The van der Waals surface area contributed by atoms with Gasteiger partial charge in [0.1, 0.15) is 0 Å². The third-order valence-electron chi connectivity index (χ3n) is 4.57. The molecule has 0 saturated heterocycles. The van der Waals surface area contributed by atoms with Gasteiger partial charge in [0, 0.05) is 36.1 Å². The van der Waals surface area contributed by atoms with E-state index in [4.69, 9.17) is 0 Å². The molecule has 0 aliphatic carbocycles. The Morgan fingerprint density at radius 1 is 1.32 bits per heavy atom. The van der Waals surface area contributed by atoms with Crippen LogP contribution in [0.3, 0.4) is 0 Å². The maximum Gasteiger partial charge on any atom is 0.251 e. The molecule has 2 heterocycles. The van der Waals surface area contributed by atoms with Crippen LogP contribution in [0.5, 0.6) is 0 Å². The Morgan fingerprint density at radius 2 is 2.12 bits per heavy atom. The Hall–Kier alpha value is -2.18. The zero-order valence-corrected chi connectivity index (χ0v) is 15.6. The number of thiophene rings is 1. The van der Waals surface area contributed by atoms with Gasteiger partial charge in [-0.1, -0.05) is 6.07 Å². The van der Waals surface area contributed by atoms with E-state index in [2.05, 4.69) is 21.7 Å². The Labute approximate surface area is 152 Å². The van der Waals surface area contributed by atoms with Crippen molar-refractivity contribution in [2.75, 3.05) is 32.1 Å². The van der Waals surface area contributed by atoms with E-state index in [1.54, 1.807) is 29.2 Å². The quantitative estimate of drug-likeness (QED) is 0.895. The summed E-state index contributed by atoms with van der Waals surface area (Å²) in [4.78, 5) is 29.3. The van der Waals surface area contributed by atoms with Gasteiger partial charge < -0.3 is 15.1 Å². The smallest absolute Gasteiger partial charge is 0.251 e. The highest BCUT2D eigenvalue weighted by molar-refractivity contribution is 7.10. The largest absolute Gasteiger partial charge is 0.350 e. The van der Waals surface area contributed by atoms with Gasteiger partial charge in [0.05, 0.1) is 6.04 Å². The summed E-state index contributed by atoms with van der Waals surface area (Å²) in [5.41, 5.74) is 2.63. The van der Waals surface area contributed by atoms with Crippen LogP contribution >= 0.6 is 11.3 Å². The number of fused-ring (bicyclic) bond motifs is 1. The number of rotatable bonds is 5.